The van der Waals surface area contributed by atoms with Crippen LogP contribution in [0.1, 0.15) is 0 Å². The van der Waals surface area contributed by atoms with Crippen LogP contribution < -0.4 is 10.6 Å². The van der Waals surface area contributed by atoms with Crippen LogP contribution in [-0.4, -0.2) is 36.2 Å². The number of fused-ring (bicyclic) bond motifs is 4. The molecule has 0 amide bonds. The third-order valence-electron chi connectivity index (χ3n) is 6.05. The Kier molecular flexibility index (Phi) is 4.43. The Morgan fingerprint density at radius 2 is 1.91 bits per heavy atom. The highest BCUT2D eigenvalue weighted by Crippen LogP contribution is 2.34. The van der Waals surface area contributed by atoms with Crippen molar-refractivity contribution in [1.29, 1.82) is 0 Å². The van der Waals surface area contributed by atoms with Gasteiger partial charge >= 0.3 is 5.69 Å². The average Bonchev–Trinajstić information content (AvgIpc) is 3.43. The summed E-state index contributed by atoms with van der Waals surface area (Å²) in [5, 5.41) is 9.56. The van der Waals surface area contributed by atoms with Crippen molar-refractivity contribution in [3.8, 4) is 11.1 Å². The number of benzene rings is 3. The number of H-pyrrole nitrogens is 1. The Morgan fingerprint density at radius 1 is 1.06 bits per heavy atom. The molecule has 0 spiro atoms. The van der Waals surface area contributed by atoms with E-state index in [0.717, 1.165) is 22.2 Å². The molecule has 0 aliphatic heterocycles. The molecule has 0 saturated heterocycles. The number of imidazole rings is 1. The molecule has 8 nitrogen and oxygen atoms in total. The van der Waals surface area contributed by atoms with Gasteiger partial charge in [-0.1, -0.05) is 23.7 Å². The second-order valence-corrected chi connectivity index (χ2v) is 8.48. The predicted octanol–water partition coefficient (Wildman–Crippen LogP) is 4.68. The van der Waals surface area contributed by atoms with Gasteiger partial charge in [0.2, 0.25) is 0 Å². The van der Waals surface area contributed by atoms with E-state index in [2.05, 4.69) is 15.2 Å². The molecule has 6 aromatic rings. The first-order valence-corrected chi connectivity index (χ1v) is 10.8. The molecule has 0 fully saturated rings. The van der Waals surface area contributed by atoms with Crippen LogP contribution in [0.5, 0.6) is 0 Å². The van der Waals surface area contributed by atoms with Crippen LogP contribution in [0.2, 0.25) is 5.02 Å². The molecule has 0 aliphatic rings. The molecule has 3 aromatic carbocycles. The molecular weight excluding hydrogens is 457 g/mol. The van der Waals surface area contributed by atoms with Gasteiger partial charge in [0.05, 0.1) is 11.0 Å². The number of aromatic nitrogens is 6. The van der Waals surface area contributed by atoms with Crippen molar-refractivity contribution in [2.75, 3.05) is 11.9 Å². The van der Waals surface area contributed by atoms with Gasteiger partial charge in [-0.25, -0.2) is 9.18 Å². The molecule has 0 aliphatic carbocycles. The van der Waals surface area contributed by atoms with Crippen LogP contribution >= 0.6 is 11.6 Å². The summed E-state index contributed by atoms with van der Waals surface area (Å²) in [5.41, 5.74) is 3.47. The Labute approximate surface area is 196 Å². The van der Waals surface area contributed by atoms with Gasteiger partial charge in [0.15, 0.2) is 0 Å². The molecule has 6 rings (SSSR count). The molecule has 168 valence electrons. The smallest absolute Gasteiger partial charge is 0.326 e. The first kappa shape index (κ1) is 20.4. The lowest BCUT2D eigenvalue weighted by Gasteiger charge is -2.21. The van der Waals surface area contributed by atoms with E-state index in [9.17, 15) is 9.18 Å². The standard InChI is InChI=1S/C24H17ClFN7O/c1-31(22-17-7-6-15(25)11-19(17)33-12-27-30-23(33)29-22)16-5-3-4-13(8-16)14-9-18(26)21-20(10-14)32(2)24(34)28-21/h3-12H,1-2H3,(H,28,34). The molecule has 0 radical (unpaired) electrons. The van der Waals surface area contributed by atoms with Crippen LogP contribution in [0.4, 0.5) is 15.9 Å². The maximum Gasteiger partial charge on any atom is 0.326 e. The number of nitrogens with zero attached hydrogens (tertiary/aromatic N) is 6. The Bertz CT molecular complexity index is 1800. The molecule has 0 unspecified atom stereocenters. The average molecular weight is 474 g/mol. The summed E-state index contributed by atoms with van der Waals surface area (Å²) in [7, 11) is 3.51. The van der Waals surface area contributed by atoms with Gasteiger partial charge in [-0.2, -0.15) is 4.98 Å². The van der Waals surface area contributed by atoms with Crippen molar-refractivity contribution in [2.45, 2.75) is 0 Å². The minimum absolute atomic E-state index is 0.195. The van der Waals surface area contributed by atoms with Crippen molar-refractivity contribution in [1.82, 2.24) is 29.1 Å². The number of hydrogen-bond donors (Lipinski definition) is 1. The number of nitrogens with one attached hydrogen (secondary N) is 1. The largest absolute Gasteiger partial charge is 0.329 e. The maximum atomic E-state index is 14.7. The van der Waals surface area contributed by atoms with Crippen LogP contribution in [-0.2, 0) is 7.05 Å². The molecule has 3 heterocycles. The highest BCUT2D eigenvalue weighted by Gasteiger charge is 2.16. The summed E-state index contributed by atoms with van der Waals surface area (Å²) in [6.45, 7) is 0. The molecule has 34 heavy (non-hydrogen) atoms. The van der Waals surface area contributed by atoms with Gasteiger partial charge in [-0.05, 0) is 53.6 Å². The number of rotatable bonds is 3. The van der Waals surface area contributed by atoms with E-state index in [0.29, 0.717) is 27.7 Å². The fourth-order valence-electron chi connectivity index (χ4n) is 4.24. The quantitative estimate of drug-likeness (QED) is 0.403. The lowest BCUT2D eigenvalue weighted by molar-refractivity contribution is 0.637. The summed E-state index contributed by atoms with van der Waals surface area (Å²) < 4.78 is 17.9. The first-order chi connectivity index (χ1) is 16.4. The molecule has 0 bridgehead atoms. The zero-order chi connectivity index (χ0) is 23.6. The molecule has 1 N–H and O–H groups in total. The normalized spacial score (nSPS) is 11.6. The highest BCUT2D eigenvalue weighted by molar-refractivity contribution is 6.31. The van der Waals surface area contributed by atoms with E-state index < -0.39 is 5.82 Å². The van der Waals surface area contributed by atoms with Gasteiger partial charge in [0, 0.05) is 30.2 Å². The number of halogens is 2. The zero-order valence-corrected chi connectivity index (χ0v) is 18.9. The second-order valence-electron chi connectivity index (χ2n) is 8.05. The van der Waals surface area contributed by atoms with Crippen molar-refractivity contribution < 1.29 is 4.39 Å². The maximum absolute atomic E-state index is 14.7. The molecule has 3 aromatic heterocycles. The first-order valence-electron chi connectivity index (χ1n) is 10.4. The fraction of sp³-hybridized carbons (Fsp3) is 0.0833. The topological polar surface area (TPSA) is 84.1 Å². The number of hydrogen-bond acceptors (Lipinski definition) is 5. The summed E-state index contributed by atoms with van der Waals surface area (Å²) in [6, 6.07) is 16.5. The second kappa shape index (κ2) is 7.39. The third-order valence-corrected chi connectivity index (χ3v) is 6.28. The van der Waals surface area contributed by atoms with Crippen molar-refractivity contribution >= 4 is 50.8 Å². The van der Waals surface area contributed by atoms with Crippen LogP contribution in [0.25, 0.3) is 38.8 Å². The molecule has 0 atom stereocenters. The van der Waals surface area contributed by atoms with Gasteiger partial charge in [-0.15, -0.1) is 10.2 Å². The van der Waals surface area contributed by atoms with Crippen LogP contribution in [0, 0.1) is 5.82 Å². The minimum atomic E-state index is -0.481. The zero-order valence-electron chi connectivity index (χ0n) is 18.1. The van der Waals surface area contributed by atoms with Gasteiger partial charge < -0.3 is 9.88 Å². The molecule has 10 heteroatoms. The van der Waals surface area contributed by atoms with E-state index in [-0.39, 0.29) is 11.2 Å². The number of anilines is 2. The van der Waals surface area contributed by atoms with E-state index >= 15 is 0 Å². The summed E-state index contributed by atoms with van der Waals surface area (Å²) in [4.78, 5) is 21.2. The summed E-state index contributed by atoms with van der Waals surface area (Å²) in [5.74, 6) is 0.651. The SMILES string of the molecule is CN(c1cccc(-c2cc(F)c3[nH]c(=O)n(C)c3c2)c1)c1nc2nncn2c2cc(Cl)ccc12. The van der Waals surface area contributed by atoms with E-state index in [1.165, 1.54) is 10.6 Å². The van der Waals surface area contributed by atoms with E-state index in [4.69, 9.17) is 16.6 Å². The van der Waals surface area contributed by atoms with E-state index in [1.54, 1.807) is 23.8 Å². The minimum Gasteiger partial charge on any atom is -0.329 e. The Balaban J connectivity index is 1.50. The van der Waals surface area contributed by atoms with Gasteiger partial charge in [0.1, 0.15) is 23.5 Å². The van der Waals surface area contributed by atoms with Gasteiger partial charge in [-0.3, -0.25) is 8.97 Å². The van der Waals surface area contributed by atoms with Crippen molar-refractivity contribution in [2.24, 2.45) is 7.05 Å². The van der Waals surface area contributed by atoms with E-state index in [1.807, 2.05) is 54.4 Å². The lowest BCUT2D eigenvalue weighted by atomic mass is 10.0. The number of aromatic amines is 1. The Morgan fingerprint density at radius 3 is 2.76 bits per heavy atom. The van der Waals surface area contributed by atoms with Crippen LogP contribution in [0.15, 0.2) is 65.7 Å². The predicted molar refractivity (Wildman–Crippen MR) is 130 cm³/mol. The van der Waals surface area contributed by atoms with Crippen LogP contribution in [0.3, 0.4) is 0 Å². The Hall–Kier alpha value is -4.24. The molecular formula is C24H17ClFN7O. The summed E-state index contributed by atoms with van der Waals surface area (Å²) in [6.07, 6.45) is 1.60. The lowest BCUT2D eigenvalue weighted by Crippen LogP contribution is -2.13. The van der Waals surface area contributed by atoms with Crippen molar-refractivity contribution in [3.63, 3.8) is 0 Å². The summed E-state index contributed by atoms with van der Waals surface area (Å²) >= 11 is 6.25. The number of aryl methyl sites for hydroxylation is 1. The molecule has 0 saturated carbocycles. The van der Waals surface area contributed by atoms with Crippen molar-refractivity contribution in [3.05, 3.63) is 82.2 Å². The van der Waals surface area contributed by atoms with Gasteiger partial charge in [0.25, 0.3) is 5.78 Å². The monoisotopic (exact) mass is 473 g/mol. The third kappa shape index (κ3) is 3.05. The highest BCUT2D eigenvalue weighted by atomic mass is 35.5. The fourth-order valence-corrected chi connectivity index (χ4v) is 4.41.